The largest absolute Gasteiger partial charge is 0.379 e. The predicted octanol–water partition coefficient (Wildman–Crippen LogP) is 2.54. The molecular weight excluding hydrogens is 342 g/mol. The summed E-state index contributed by atoms with van der Waals surface area (Å²) in [6, 6.07) is 11.8. The second-order valence-corrected chi connectivity index (χ2v) is 8.05. The summed E-state index contributed by atoms with van der Waals surface area (Å²) in [4.78, 5) is 16.6. The number of aromatic nitrogens is 1. The molecule has 1 saturated carbocycles. The number of nitrogens with zero attached hydrogens (tertiary/aromatic N) is 3. The van der Waals surface area contributed by atoms with E-state index in [4.69, 9.17) is 4.52 Å². The lowest BCUT2D eigenvalue weighted by atomic mass is 9.91. The SMILES string of the molecule is CN(Cc1cc(-c2ccccc2)no1)CC1(O)CCCN(CC2CC2)C1=O. The third kappa shape index (κ3) is 4.22. The molecule has 144 valence electrons. The maximum Gasteiger partial charge on any atom is 0.255 e. The minimum absolute atomic E-state index is 0.116. The Kier molecular flexibility index (Phi) is 5.02. The molecule has 1 aromatic carbocycles. The van der Waals surface area contributed by atoms with Gasteiger partial charge in [-0.25, -0.2) is 0 Å². The maximum absolute atomic E-state index is 12.8. The number of rotatable bonds is 7. The fourth-order valence-electron chi connectivity index (χ4n) is 3.90. The minimum atomic E-state index is -1.30. The number of hydrogen-bond donors (Lipinski definition) is 1. The molecule has 1 aliphatic carbocycles. The summed E-state index contributed by atoms with van der Waals surface area (Å²) >= 11 is 0. The summed E-state index contributed by atoms with van der Waals surface area (Å²) < 4.78 is 5.45. The zero-order chi connectivity index (χ0) is 18.9. The van der Waals surface area contributed by atoms with Gasteiger partial charge in [-0.3, -0.25) is 9.69 Å². The summed E-state index contributed by atoms with van der Waals surface area (Å²) in [5.41, 5.74) is 0.499. The third-order valence-corrected chi connectivity index (χ3v) is 5.46. The van der Waals surface area contributed by atoms with Crippen LogP contribution in [0.2, 0.25) is 0 Å². The Bertz CT molecular complexity index is 787. The van der Waals surface area contributed by atoms with Gasteiger partial charge < -0.3 is 14.5 Å². The van der Waals surface area contributed by atoms with Crippen molar-refractivity contribution in [2.75, 3.05) is 26.7 Å². The number of hydrogen-bond acceptors (Lipinski definition) is 5. The number of likely N-dealkylation sites (N-methyl/N-ethyl adjacent to an activating group) is 1. The molecule has 1 unspecified atom stereocenters. The minimum Gasteiger partial charge on any atom is -0.379 e. The van der Waals surface area contributed by atoms with Gasteiger partial charge >= 0.3 is 0 Å². The normalized spacial score (nSPS) is 23.2. The quantitative estimate of drug-likeness (QED) is 0.812. The van der Waals surface area contributed by atoms with Crippen LogP contribution in [-0.2, 0) is 11.3 Å². The van der Waals surface area contributed by atoms with Gasteiger partial charge in [-0.05, 0) is 38.6 Å². The van der Waals surface area contributed by atoms with E-state index in [1.54, 1.807) is 0 Å². The molecule has 2 fully saturated rings. The van der Waals surface area contributed by atoms with Crippen LogP contribution in [0.4, 0.5) is 0 Å². The van der Waals surface area contributed by atoms with Crippen LogP contribution >= 0.6 is 0 Å². The molecule has 2 aliphatic rings. The summed E-state index contributed by atoms with van der Waals surface area (Å²) in [7, 11) is 1.90. The smallest absolute Gasteiger partial charge is 0.255 e. The van der Waals surface area contributed by atoms with Crippen LogP contribution in [0.1, 0.15) is 31.4 Å². The van der Waals surface area contributed by atoms with Crippen LogP contribution in [0.25, 0.3) is 11.3 Å². The van der Waals surface area contributed by atoms with Gasteiger partial charge in [0.25, 0.3) is 5.91 Å². The molecule has 0 bridgehead atoms. The first-order valence-electron chi connectivity index (χ1n) is 9.75. The monoisotopic (exact) mass is 369 g/mol. The average molecular weight is 369 g/mol. The third-order valence-electron chi connectivity index (χ3n) is 5.46. The molecule has 1 atom stereocenters. The molecule has 0 radical (unpaired) electrons. The summed E-state index contributed by atoms with van der Waals surface area (Å²) in [6.07, 6.45) is 3.78. The molecule has 1 N–H and O–H groups in total. The van der Waals surface area contributed by atoms with Crippen molar-refractivity contribution in [1.29, 1.82) is 0 Å². The highest BCUT2D eigenvalue weighted by atomic mass is 16.5. The zero-order valence-corrected chi connectivity index (χ0v) is 15.8. The molecule has 4 rings (SSSR count). The van der Waals surface area contributed by atoms with Crippen molar-refractivity contribution in [3.05, 3.63) is 42.2 Å². The molecule has 1 aliphatic heterocycles. The molecule has 6 nitrogen and oxygen atoms in total. The van der Waals surface area contributed by atoms with E-state index >= 15 is 0 Å². The van der Waals surface area contributed by atoms with Gasteiger partial charge in [0.1, 0.15) is 5.69 Å². The first kappa shape index (κ1) is 18.2. The molecular formula is C21H27N3O3. The van der Waals surface area contributed by atoms with Gasteiger partial charge in [0.2, 0.25) is 0 Å². The van der Waals surface area contributed by atoms with Crippen LogP contribution < -0.4 is 0 Å². The highest BCUT2D eigenvalue weighted by Crippen LogP contribution is 2.33. The van der Waals surface area contributed by atoms with Gasteiger partial charge in [0.05, 0.1) is 6.54 Å². The second-order valence-electron chi connectivity index (χ2n) is 8.05. The number of carbonyl (C=O) groups is 1. The molecule has 1 saturated heterocycles. The van der Waals surface area contributed by atoms with Crippen LogP contribution in [0, 0.1) is 5.92 Å². The van der Waals surface area contributed by atoms with Gasteiger partial charge in [-0.2, -0.15) is 0 Å². The lowest BCUT2D eigenvalue weighted by molar-refractivity contribution is -0.159. The second kappa shape index (κ2) is 7.44. The van der Waals surface area contributed by atoms with E-state index < -0.39 is 5.60 Å². The van der Waals surface area contributed by atoms with Crippen molar-refractivity contribution in [3.8, 4) is 11.3 Å². The van der Waals surface area contributed by atoms with E-state index in [0.29, 0.717) is 25.4 Å². The number of aliphatic hydroxyl groups is 1. The van der Waals surface area contributed by atoms with Gasteiger partial charge in [0.15, 0.2) is 11.4 Å². The predicted molar refractivity (Wildman–Crippen MR) is 102 cm³/mol. The molecule has 6 heteroatoms. The number of carbonyl (C=O) groups excluding carboxylic acids is 1. The van der Waals surface area contributed by atoms with Crippen molar-refractivity contribution in [1.82, 2.24) is 15.0 Å². The first-order chi connectivity index (χ1) is 13.0. The molecule has 27 heavy (non-hydrogen) atoms. The Labute approximate surface area is 159 Å². The van der Waals surface area contributed by atoms with Crippen molar-refractivity contribution in [3.63, 3.8) is 0 Å². The Balaban J connectivity index is 1.37. The van der Waals surface area contributed by atoms with Crippen LogP contribution in [0.5, 0.6) is 0 Å². The highest BCUT2D eigenvalue weighted by molar-refractivity contribution is 5.86. The summed E-state index contributed by atoms with van der Waals surface area (Å²) in [5, 5.41) is 15.1. The first-order valence-corrected chi connectivity index (χ1v) is 9.75. The lowest BCUT2D eigenvalue weighted by Crippen LogP contribution is -2.58. The molecule has 0 spiro atoms. The van der Waals surface area contributed by atoms with Crippen LogP contribution in [0.15, 0.2) is 40.9 Å². The van der Waals surface area contributed by atoms with Gasteiger partial charge in [0, 0.05) is 31.3 Å². The number of amides is 1. The van der Waals surface area contributed by atoms with E-state index in [1.165, 1.54) is 12.8 Å². The summed E-state index contributed by atoms with van der Waals surface area (Å²) in [5.74, 6) is 1.24. The Morgan fingerprint density at radius 2 is 2.11 bits per heavy atom. The van der Waals surface area contributed by atoms with Gasteiger partial charge in [-0.15, -0.1) is 0 Å². The Morgan fingerprint density at radius 3 is 2.85 bits per heavy atom. The molecule has 1 aromatic heterocycles. The van der Waals surface area contributed by atoms with E-state index in [0.717, 1.165) is 36.5 Å². The molecule has 1 amide bonds. The van der Waals surface area contributed by atoms with Crippen molar-refractivity contribution in [2.24, 2.45) is 5.92 Å². The van der Waals surface area contributed by atoms with E-state index in [2.05, 4.69) is 5.16 Å². The molecule has 2 aromatic rings. The van der Waals surface area contributed by atoms with E-state index in [9.17, 15) is 9.90 Å². The van der Waals surface area contributed by atoms with Crippen molar-refractivity contribution >= 4 is 5.91 Å². The summed E-state index contributed by atoms with van der Waals surface area (Å²) in [6.45, 7) is 2.36. The molecule has 2 heterocycles. The Morgan fingerprint density at radius 1 is 1.33 bits per heavy atom. The number of likely N-dealkylation sites (tertiary alicyclic amines) is 1. The Hall–Kier alpha value is -2.18. The topological polar surface area (TPSA) is 69.8 Å². The zero-order valence-electron chi connectivity index (χ0n) is 15.8. The fourth-order valence-corrected chi connectivity index (χ4v) is 3.90. The number of benzene rings is 1. The average Bonchev–Trinajstić information content (AvgIpc) is 3.35. The van der Waals surface area contributed by atoms with E-state index in [-0.39, 0.29) is 5.91 Å². The maximum atomic E-state index is 12.8. The standard InChI is InChI=1S/C21H27N3O3/c1-23(14-18-12-19(22-27-18)17-6-3-2-4-7-17)15-21(26)10-5-11-24(20(21)25)13-16-8-9-16/h2-4,6-7,12,16,26H,5,8-11,13-15H2,1H3. The highest BCUT2D eigenvalue weighted by Gasteiger charge is 2.44. The van der Waals surface area contributed by atoms with Crippen LogP contribution in [0.3, 0.4) is 0 Å². The fraction of sp³-hybridized carbons (Fsp3) is 0.524. The van der Waals surface area contributed by atoms with Crippen molar-refractivity contribution in [2.45, 2.75) is 37.8 Å². The van der Waals surface area contributed by atoms with Crippen LogP contribution in [-0.4, -0.2) is 58.3 Å². The van der Waals surface area contributed by atoms with E-state index in [1.807, 2.05) is 53.2 Å². The van der Waals surface area contributed by atoms with Crippen molar-refractivity contribution < 1.29 is 14.4 Å². The lowest BCUT2D eigenvalue weighted by Gasteiger charge is -2.40. The van der Waals surface area contributed by atoms with Gasteiger partial charge in [-0.1, -0.05) is 35.5 Å². The number of piperidine rings is 1.